The van der Waals surface area contributed by atoms with E-state index in [9.17, 15) is 9.59 Å². The van der Waals surface area contributed by atoms with Gasteiger partial charge in [-0.3, -0.25) is 9.59 Å². The molecule has 4 nitrogen and oxygen atoms in total. The standard InChI is InChI=1S/C21H24N2O2/c24-20-14-18(16-8-2-1-3-9-16)17-10-4-5-11-19(17)23(20)15-21(25)22-12-6-7-13-22/h1-3,8-9,14H,4-7,10-13,15H2. The average molecular weight is 336 g/mol. The van der Waals surface area contributed by atoms with E-state index in [-0.39, 0.29) is 18.0 Å². The lowest BCUT2D eigenvalue weighted by atomic mass is 9.89. The summed E-state index contributed by atoms with van der Waals surface area (Å²) in [5, 5.41) is 0. The molecule has 0 spiro atoms. The summed E-state index contributed by atoms with van der Waals surface area (Å²) in [5.41, 5.74) is 4.42. The van der Waals surface area contributed by atoms with Gasteiger partial charge in [0.15, 0.2) is 0 Å². The summed E-state index contributed by atoms with van der Waals surface area (Å²) in [6.45, 7) is 1.85. The van der Waals surface area contributed by atoms with Crippen LogP contribution in [-0.2, 0) is 24.2 Å². The largest absolute Gasteiger partial charge is 0.341 e. The molecule has 1 fully saturated rings. The highest BCUT2D eigenvalue weighted by Crippen LogP contribution is 2.30. The summed E-state index contributed by atoms with van der Waals surface area (Å²) < 4.78 is 1.74. The van der Waals surface area contributed by atoms with Crippen LogP contribution in [-0.4, -0.2) is 28.5 Å². The summed E-state index contributed by atoms with van der Waals surface area (Å²) in [6, 6.07) is 11.9. The molecule has 0 unspecified atom stereocenters. The predicted octanol–water partition coefficient (Wildman–Crippen LogP) is 3.02. The van der Waals surface area contributed by atoms with Gasteiger partial charge in [-0.15, -0.1) is 0 Å². The van der Waals surface area contributed by atoms with E-state index < -0.39 is 0 Å². The van der Waals surface area contributed by atoms with Crippen LogP contribution in [0.5, 0.6) is 0 Å². The van der Waals surface area contributed by atoms with Gasteiger partial charge < -0.3 is 9.47 Å². The summed E-state index contributed by atoms with van der Waals surface area (Å²) >= 11 is 0. The van der Waals surface area contributed by atoms with Crippen LogP contribution in [0.2, 0.25) is 0 Å². The van der Waals surface area contributed by atoms with E-state index in [0.29, 0.717) is 0 Å². The molecule has 4 heteroatoms. The number of benzene rings is 1. The first-order valence-electron chi connectivity index (χ1n) is 9.33. The first-order chi connectivity index (χ1) is 12.2. The SMILES string of the molecule is O=C(Cn1c2c(c(-c3ccccc3)cc1=O)CCCC2)N1CCCC1. The number of likely N-dealkylation sites (tertiary alicyclic amines) is 1. The topological polar surface area (TPSA) is 42.3 Å². The molecule has 1 aliphatic heterocycles. The van der Waals surface area contributed by atoms with Crippen molar-refractivity contribution in [1.82, 2.24) is 9.47 Å². The minimum absolute atomic E-state index is 0.0490. The summed E-state index contributed by atoms with van der Waals surface area (Å²) in [6.07, 6.45) is 6.25. The molecule has 1 aromatic heterocycles. The van der Waals surface area contributed by atoms with Gasteiger partial charge >= 0.3 is 0 Å². The quantitative estimate of drug-likeness (QED) is 0.865. The maximum atomic E-state index is 12.8. The third-order valence-corrected chi connectivity index (χ3v) is 5.46. The van der Waals surface area contributed by atoms with E-state index in [1.807, 2.05) is 23.1 Å². The Hall–Kier alpha value is -2.36. The molecule has 2 heterocycles. The molecule has 0 atom stereocenters. The molecule has 0 bridgehead atoms. The molecule has 1 amide bonds. The molecule has 0 radical (unpaired) electrons. The van der Waals surface area contributed by atoms with Crippen LogP contribution in [0.3, 0.4) is 0 Å². The van der Waals surface area contributed by atoms with Crippen LogP contribution in [0, 0.1) is 0 Å². The Kier molecular flexibility index (Phi) is 4.43. The lowest BCUT2D eigenvalue weighted by Crippen LogP contribution is -2.36. The smallest absolute Gasteiger partial charge is 0.251 e. The molecular weight excluding hydrogens is 312 g/mol. The number of nitrogens with zero attached hydrogens (tertiary/aromatic N) is 2. The number of carbonyl (C=O) groups excluding carboxylic acids is 1. The Morgan fingerprint density at radius 1 is 0.960 bits per heavy atom. The van der Waals surface area contributed by atoms with Gasteiger partial charge in [0.25, 0.3) is 5.56 Å². The number of fused-ring (bicyclic) bond motifs is 1. The maximum Gasteiger partial charge on any atom is 0.251 e. The highest BCUT2D eigenvalue weighted by atomic mass is 16.2. The molecule has 0 N–H and O–H groups in total. The van der Waals surface area contributed by atoms with E-state index in [2.05, 4.69) is 12.1 Å². The van der Waals surface area contributed by atoms with E-state index in [1.54, 1.807) is 10.6 Å². The Morgan fingerprint density at radius 3 is 2.44 bits per heavy atom. The van der Waals surface area contributed by atoms with Crippen molar-refractivity contribution in [3.63, 3.8) is 0 Å². The predicted molar refractivity (Wildman–Crippen MR) is 98.6 cm³/mol. The second kappa shape index (κ2) is 6.87. The third-order valence-electron chi connectivity index (χ3n) is 5.46. The average Bonchev–Trinajstić information content (AvgIpc) is 3.19. The molecule has 1 aliphatic carbocycles. The molecule has 0 saturated carbocycles. The molecular formula is C21H24N2O2. The first-order valence-corrected chi connectivity index (χ1v) is 9.33. The monoisotopic (exact) mass is 336 g/mol. The minimum Gasteiger partial charge on any atom is -0.341 e. The van der Waals surface area contributed by atoms with Crippen LogP contribution in [0.25, 0.3) is 11.1 Å². The van der Waals surface area contributed by atoms with Gasteiger partial charge in [0.05, 0.1) is 0 Å². The molecule has 1 saturated heterocycles. The number of hydrogen-bond donors (Lipinski definition) is 0. The summed E-state index contributed by atoms with van der Waals surface area (Å²) in [7, 11) is 0. The fourth-order valence-corrected chi connectivity index (χ4v) is 4.15. The van der Waals surface area contributed by atoms with E-state index in [0.717, 1.165) is 68.4 Å². The van der Waals surface area contributed by atoms with Crippen LogP contribution in [0.4, 0.5) is 0 Å². The second-order valence-electron chi connectivity index (χ2n) is 7.07. The fraction of sp³-hybridized carbons (Fsp3) is 0.429. The number of aromatic nitrogens is 1. The van der Waals surface area contributed by atoms with Crippen LogP contribution >= 0.6 is 0 Å². The van der Waals surface area contributed by atoms with Gasteiger partial charge in [-0.25, -0.2) is 0 Å². The van der Waals surface area contributed by atoms with Crippen molar-refractivity contribution in [2.75, 3.05) is 13.1 Å². The van der Waals surface area contributed by atoms with Gasteiger partial charge in [-0.05, 0) is 55.2 Å². The van der Waals surface area contributed by atoms with E-state index in [4.69, 9.17) is 0 Å². The van der Waals surface area contributed by atoms with Crippen molar-refractivity contribution in [2.24, 2.45) is 0 Å². The van der Waals surface area contributed by atoms with Crippen molar-refractivity contribution in [2.45, 2.75) is 45.1 Å². The fourth-order valence-electron chi connectivity index (χ4n) is 4.15. The summed E-state index contributed by atoms with van der Waals surface area (Å²) in [5.74, 6) is 0.0832. The first kappa shape index (κ1) is 16.1. The minimum atomic E-state index is -0.0490. The zero-order valence-electron chi connectivity index (χ0n) is 14.5. The zero-order chi connectivity index (χ0) is 17.2. The van der Waals surface area contributed by atoms with E-state index in [1.165, 1.54) is 5.56 Å². The Balaban J connectivity index is 1.75. The Labute approximate surface area is 148 Å². The van der Waals surface area contributed by atoms with Crippen molar-refractivity contribution in [3.8, 4) is 11.1 Å². The molecule has 2 aromatic rings. The maximum absolute atomic E-state index is 12.8. The van der Waals surface area contributed by atoms with Gasteiger partial charge in [-0.2, -0.15) is 0 Å². The zero-order valence-corrected chi connectivity index (χ0v) is 14.5. The lowest BCUT2D eigenvalue weighted by molar-refractivity contribution is -0.130. The molecule has 4 rings (SSSR count). The second-order valence-corrected chi connectivity index (χ2v) is 7.07. The summed E-state index contributed by atoms with van der Waals surface area (Å²) in [4.78, 5) is 27.3. The molecule has 130 valence electrons. The molecule has 1 aromatic carbocycles. The van der Waals surface area contributed by atoms with Crippen molar-refractivity contribution >= 4 is 5.91 Å². The normalized spacial score (nSPS) is 16.7. The number of pyridine rings is 1. The van der Waals surface area contributed by atoms with Gasteiger partial charge in [-0.1, -0.05) is 30.3 Å². The number of amides is 1. The lowest BCUT2D eigenvalue weighted by Gasteiger charge is -2.25. The van der Waals surface area contributed by atoms with Crippen LogP contribution in [0.1, 0.15) is 36.9 Å². The number of carbonyl (C=O) groups is 1. The Morgan fingerprint density at radius 2 is 1.68 bits per heavy atom. The highest BCUT2D eigenvalue weighted by molar-refractivity contribution is 5.77. The number of hydrogen-bond acceptors (Lipinski definition) is 2. The molecule has 25 heavy (non-hydrogen) atoms. The van der Waals surface area contributed by atoms with Gasteiger partial charge in [0, 0.05) is 24.8 Å². The van der Waals surface area contributed by atoms with Crippen molar-refractivity contribution < 1.29 is 4.79 Å². The number of rotatable bonds is 3. The third kappa shape index (κ3) is 3.13. The van der Waals surface area contributed by atoms with Gasteiger partial charge in [0.2, 0.25) is 5.91 Å². The van der Waals surface area contributed by atoms with Gasteiger partial charge in [0.1, 0.15) is 6.54 Å². The van der Waals surface area contributed by atoms with Crippen molar-refractivity contribution in [3.05, 3.63) is 58.0 Å². The van der Waals surface area contributed by atoms with Crippen LogP contribution in [0.15, 0.2) is 41.2 Å². The van der Waals surface area contributed by atoms with Crippen molar-refractivity contribution in [1.29, 1.82) is 0 Å². The highest BCUT2D eigenvalue weighted by Gasteiger charge is 2.23. The Bertz CT molecular complexity index is 833. The van der Waals surface area contributed by atoms with E-state index >= 15 is 0 Å². The molecule has 2 aliphatic rings. The van der Waals surface area contributed by atoms with Crippen LogP contribution < -0.4 is 5.56 Å².